The summed E-state index contributed by atoms with van der Waals surface area (Å²) >= 11 is 0. The number of hydrogen-bond acceptors (Lipinski definition) is 3. The lowest BCUT2D eigenvalue weighted by Gasteiger charge is -2.35. The molecular weight excluding hydrogens is 364 g/mol. The fraction of sp³-hybridized carbons (Fsp3) is 0.250. The van der Waals surface area contributed by atoms with Crippen LogP contribution in [0.4, 0.5) is 0 Å². The Hall–Kier alpha value is -3.18. The SMILES string of the molecule is O=C(c1cc[n+]([O-])cc1)N1CCOC(CC(c2ccccc2)c2ccccc2)C1. The van der Waals surface area contributed by atoms with Crippen LogP contribution in [0, 0.1) is 5.21 Å². The first-order chi connectivity index (χ1) is 14.2. The van der Waals surface area contributed by atoms with Gasteiger partial charge in [-0.25, -0.2) is 0 Å². The third-order valence-corrected chi connectivity index (χ3v) is 5.38. The van der Waals surface area contributed by atoms with Crippen molar-refractivity contribution in [3.05, 3.63) is 107 Å². The summed E-state index contributed by atoms with van der Waals surface area (Å²) in [5.74, 6) is 0.142. The summed E-state index contributed by atoms with van der Waals surface area (Å²) in [4.78, 5) is 14.7. The smallest absolute Gasteiger partial charge is 0.254 e. The van der Waals surface area contributed by atoms with E-state index in [1.54, 1.807) is 12.1 Å². The Morgan fingerprint density at radius 2 is 1.59 bits per heavy atom. The van der Waals surface area contributed by atoms with Gasteiger partial charge in [-0.15, -0.1) is 0 Å². The monoisotopic (exact) mass is 388 g/mol. The van der Waals surface area contributed by atoms with E-state index in [2.05, 4.69) is 48.5 Å². The molecule has 1 aromatic heterocycles. The minimum Gasteiger partial charge on any atom is -0.619 e. The number of pyridine rings is 1. The number of ether oxygens (including phenoxy) is 1. The molecule has 2 aromatic carbocycles. The van der Waals surface area contributed by atoms with E-state index in [1.807, 2.05) is 17.0 Å². The van der Waals surface area contributed by atoms with Crippen molar-refractivity contribution >= 4 is 5.91 Å². The number of carbonyl (C=O) groups excluding carboxylic acids is 1. The van der Waals surface area contributed by atoms with E-state index in [9.17, 15) is 10.0 Å². The Morgan fingerprint density at radius 3 is 2.17 bits per heavy atom. The average Bonchev–Trinajstić information content (AvgIpc) is 2.79. The second-order valence-electron chi connectivity index (χ2n) is 7.30. The maximum Gasteiger partial charge on any atom is 0.254 e. The van der Waals surface area contributed by atoms with E-state index in [0.717, 1.165) is 6.42 Å². The summed E-state index contributed by atoms with van der Waals surface area (Å²) in [5, 5.41) is 11.2. The fourth-order valence-electron chi connectivity index (χ4n) is 3.88. The van der Waals surface area contributed by atoms with Gasteiger partial charge in [0.2, 0.25) is 0 Å². The van der Waals surface area contributed by atoms with Gasteiger partial charge in [0.15, 0.2) is 12.4 Å². The molecule has 1 saturated heterocycles. The maximum absolute atomic E-state index is 12.8. The van der Waals surface area contributed by atoms with Gasteiger partial charge in [-0.05, 0) is 17.5 Å². The summed E-state index contributed by atoms with van der Waals surface area (Å²) in [7, 11) is 0. The standard InChI is InChI=1S/C24H24N2O3/c27-24(21-11-13-26(28)14-12-21)25-15-16-29-22(18-25)17-23(19-7-3-1-4-8-19)20-9-5-2-6-10-20/h1-14,22-23H,15-18H2. The lowest BCUT2D eigenvalue weighted by Crippen LogP contribution is -2.46. The van der Waals surface area contributed by atoms with E-state index in [4.69, 9.17) is 4.74 Å². The number of morpholine rings is 1. The maximum atomic E-state index is 12.8. The zero-order chi connectivity index (χ0) is 20.1. The minimum atomic E-state index is -0.0603. The fourth-order valence-corrected chi connectivity index (χ4v) is 3.88. The van der Waals surface area contributed by atoms with Crippen molar-refractivity contribution in [2.45, 2.75) is 18.4 Å². The normalized spacial score (nSPS) is 16.7. The quantitative estimate of drug-likeness (QED) is 0.497. The van der Waals surface area contributed by atoms with Gasteiger partial charge in [-0.3, -0.25) is 4.79 Å². The van der Waals surface area contributed by atoms with Crippen molar-refractivity contribution in [2.24, 2.45) is 0 Å². The van der Waals surface area contributed by atoms with Crippen LogP contribution in [0.3, 0.4) is 0 Å². The van der Waals surface area contributed by atoms with Gasteiger partial charge in [0.05, 0.1) is 18.3 Å². The van der Waals surface area contributed by atoms with E-state index in [-0.39, 0.29) is 17.9 Å². The second kappa shape index (κ2) is 8.88. The van der Waals surface area contributed by atoms with Crippen LogP contribution in [-0.4, -0.2) is 36.6 Å². The topological polar surface area (TPSA) is 56.5 Å². The minimum absolute atomic E-state index is 0.0498. The molecule has 148 valence electrons. The van der Waals surface area contributed by atoms with Crippen LogP contribution in [-0.2, 0) is 4.74 Å². The highest BCUT2D eigenvalue weighted by molar-refractivity contribution is 5.94. The Morgan fingerprint density at radius 1 is 1.00 bits per heavy atom. The number of aromatic nitrogens is 1. The molecular formula is C24H24N2O3. The van der Waals surface area contributed by atoms with Gasteiger partial charge >= 0.3 is 0 Å². The summed E-state index contributed by atoms with van der Waals surface area (Å²) in [5.41, 5.74) is 3.02. The third-order valence-electron chi connectivity index (χ3n) is 5.38. The Balaban J connectivity index is 1.51. The van der Waals surface area contributed by atoms with Crippen LogP contribution in [0.25, 0.3) is 0 Å². The highest BCUT2D eigenvalue weighted by atomic mass is 16.5. The van der Waals surface area contributed by atoms with E-state index >= 15 is 0 Å². The molecule has 0 bridgehead atoms. The first-order valence-corrected chi connectivity index (χ1v) is 9.90. The highest BCUT2D eigenvalue weighted by Crippen LogP contribution is 2.31. The average molecular weight is 388 g/mol. The van der Waals surface area contributed by atoms with E-state index in [1.165, 1.54) is 23.5 Å². The van der Waals surface area contributed by atoms with Gasteiger partial charge in [-0.2, -0.15) is 4.73 Å². The zero-order valence-electron chi connectivity index (χ0n) is 16.2. The van der Waals surface area contributed by atoms with E-state index < -0.39 is 0 Å². The number of rotatable bonds is 5. The zero-order valence-corrected chi connectivity index (χ0v) is 16.2. The molecule has 5 nitrogen and oxygen atoms in total. The first kappa shape index (κ1) is 19.2. The first-order valence-electron chi connectivity index (χ1n) is 9.90. The number of benzene rings is 2. The van der Waals surface area contributed by atoms with Crippen molar-refractivity contribution in [3.8, 4) is 0 Å². The highest BCUT2D eigenvalue weighted by Gasteiger charge is 2.28. The predicted molar refractivity (Wildman–Crippen MR) is 110 cm³/mol. The van der Waals surface area contributed by atoms with Crippen LogP contribution in [0.1, 0.15) is 33.8 Å². The van der Waals surface area contributed by atoms with E-state index in [0.29, 0.717) is 30.0 Å². The summed E-state index contributed by atoms with van der Waals surface area (Å²) in [6, 6.07) is 24.0. The van der Waals surface area contributed by atoms with Crippen molar-refractivity contribution in [3.63, 3.8) is 0 Å². The molecule has 0 N–H and O–H groups in total. The van der Waals surface area contributed by atoms with Gasteiger partial charge in [0.1, 0.15) is 0 Å². The molecule has 1 aliphatic heterocycles. The molecule has 0 spiro atoms. The molecule has 0 radical (unpaired) electrons. The molecule has 1 aliphatic rings. The van der Waals surface area contributed by atoms with Gasteiger partial charge in [0, 0.05) is 31.1 Å². The number of hydrogen-bond donors (Lipinski definition) is 0. The molecule has 0 saturated carbocycles. The van der Waals surface area contributed by atoms with Crippen molar-refractivity contribution in [1.82, 2.24) is 4.90 Å². The third kappa shape index (κ3) is 4.63. The van der Waals surface area contributed by atoms with Crippen molar-refractivity contribution in [1.29, 1.82) is 0 Å². The largest absolute Gasteiger partial charge is 0.619 e. The van der Waals surface area contributed by atoms with Crippen LogP contribution in [0.2, 0.25) is 0 Å². The Kier molecular flexibility index (Phi) is 5.86. The molecule has 1 atom stereocenters. The Labute approximate surface area is 170 Å². The van der Waals surface area contributed by atoms with Gasteiger partial charge in [0.25, 0.3) is 5.91 Å². The molecule has 3 aromatic rings. The molecule has 2 heterocycles. The Bertz CT molecular complexity index is 890. The molecule has 5 heteroatoms. The number of nitrogens with zero attached hydrogens (tertiary/aromatic N) is 2. The number of carbonyl (C=O) groups is 1. The predicted octanol–water partition coefficient (Wildman–Crippen LogP) is 3.38. The van der Waals surface area contributed by atoms with Crippen molar-refractivity contribution in [2.75, 3.05) is 19.7 Å². The molecule has 1 unspecified atom stereocenters. The molecule has 4 rings (SSSR count). The molecule has 29 heavy (non-hydrogen) atoms. The molecule has 1 amide bonds. The van der Waals surface area contributed by atoms with Crippen LogP contribution < -0.4 is 4.73 Å². The van der Waals surface area contributed by atoms with Crippen molar-refractivity contribution < 1.29 is 14.3 Å². The lowest BCUT2D eigenvalue weighted by molar-refractivity contribution is -0.605. The molecule has 1 fully saturated rings. The summed E-state index contributed by atoms with van der Waals surface area (Å²) < 4.78 is 6.72. The van der Waals surface area contributed by atoms with Crippen LogP contribution in [0.5, 0.6) is 0 Å². The second-order valence-corrected chi connectivity index (χ2v) is 7.30. The van der Waals surface area contributed by atoms with Gasteiger partial charge < -0.3 is 14.8 Å². The van der Waals surface area contributed by atoms with Gasteiger partial charge in [-0.1, -0.05) is 60.7 Å². The summed E-state index contributed by atoms with van der Waals surface area (Å²) in [6.07, 6.45) is 3.46. The lowest BCUT2D eigenvalue weighted by atomic mass is 9.86. The van der Waals surface area contributed by atoms with Crippen LogP contribution in [0.15, 0.2) is 85.2 Å². The molecule has 0 aliphatic carbocycles. The number of amides is 1. The summed E-state index contributed by atoms with van der Waals surface area (Å²) in [6.45, 7) is 1.62. The van der Waals surface area contributed by atoms with Crippen LogP contribution >= 0.6 is 0 Å².